The van der Waals surface area contributed by atoms with Crippen molar-refractivity contribution in [3.05, 3.63) is 30.3 Å². The van der Waals surface area contributed by atoms with E-state index in [1.54, 1.807) is 0 Å². The van der Waals surface area contributed by atoms with Gasteiger partial charge >= 0.3 is 0 Å². The molecule has 0 atom stereocenters. The minimum atomic E-state index is 0.965. The molecule has 0 saturated heterocycles. The van der Waals surface area contributed by atoms with Crippen LogP contribution < -0.4 is 5.32 Å². The highest BCUT2D eigenvalue weighted by molar-refractivity contribution is 7.80. The summed E-state index contributed by atoms with van der Waals surface area (Å²) in [4.78, 5) is 0.965. The molecule has 0 bridgehead atoms. The van der Waals surface area contributed by atoms with Gasteiger partial charge in [0.25, 0.3) is 0 Å². The number of rotatable bonds is 8. The van der Waals surface area contributed by atoms with Crippen LogP contribution in [0.15, 0.2) is 30.3 Å². The Bertz CT molecular complexity index is 308. The average Bonchev–Trinajstić information content (AvgIpc) is 2.35. The number of benzene rings is 1. The highest BCUT2D eigenvalue weighted by atomic mass is 32.1. The maximum atomic E-state index is 5.33. The van der Waals surface area contributed by atoms with Crippen molar-refractivity contribution in [3.63, 3.8) is 0 Å². The lowest BCUT2D eigenvalue weighted by atomic mass is 10.1. The third kappa shape index (κ3) is 7.11. The number of hydrogen-bond acceptors (Lipinski definition) is 1. The van der Waals surface area contributed by atoms with Crippen molar-refractivity contribution >= 4 is 22.9 Å². The first-order valence-corrected chi connectivity index (χ1v) is 7.08. The highest BCUT2D eigenvalue weighted by Gasteiger charge is 1.97. The molecule has 0 saturated carbocycles. The number of para-hydroxylation sites is 1. The average molecular weight is 249 g/mol. The summed E-state index contributed by atoms with van der Waals surface area (Å²) >= 11 is 5.33. The molecule has 17 heavy (non-hydrogen) atoms. The second kappa shape index (κ2) is 9.17. The van der Waals surface area contributed by atoms with Crippen LogP contribution in [0.2, 0.25) is 0 Å². The van der Waals surface area contributed by atoms with E-state index in [1.807, 2.05) is 30.3 Å². The summed E-state index contributed by atoms with van der Waals surface area (Å²) in [6.45, 7) is 2.25. The van der Waals surface area contributed by atoms with E-state index in [0.29, 0.717) is 0 Å². The molecule has 1 aromatic carbocycles. The van der Waals surface area contributed by atoms with E-state index in [-0.39, 0.29) is 0 Å². The highest BCUT2D eigenvalue weighted by Crippen LogP contribution is 2.10. The Labute approximate surface area is 111 Å². The van der Waals surface area contributed by atoms with Crippen molar-refractivity contribution in [2.24, 2.45) is 0 Å². The quantitative estimate of drug-likeness (QED) is 0.503. The first-order chi connectivity index (χ1) is 8.33. The van der Waals surface area contributed by atoms with E-state index >= 15 is 0 Å². The molecule has 0 heterocycles. The summed E-state index contributed by atoms with van der Waals surface area (Å²) in [7, 11) is 0. The summed E-state index contributed by atoms with van der Waals surface area (Å²) in [6, 6.07) is 10.2. The molecule has 1 nitrogen and oxygen atoms in total. The zero-order valence-electron chi connectivity index (χ0n) is 10.7. The lowest BCUT2D eigenvalue weighted by Crippen LogP contribution is -2.08. The Morgan fingerprint density at radius 2 is 1.65 bits per heavy atom. The fraction of sp³-hybridized carbons (Fsp3) is 0.533. The molecular weight excluding hydrogens is 226 g/mol. The van der Waals surface area contributed by atoms with Gasteiger partial charge in [-0.3, -0.25) is 0 Å². The van der Waals surface area contributed by atoms with Crippen molar-refractivity contribution in [1.82, 2.24) is 0 Å². The summed E-state index contributed by atoms with van der Waals surface area (Å²) in [6.07, 6.45) is 8.92. The van der Waals surface area contributed by atoms with Gasteiger partial charge in [0.15, 0.2) is 0 Å². The monoisotopic (exact) mass is 249 g/mol. The maximum Gasteiger partial charge on any atom is 0.0797 e. The minimum Gasteiger partial charge on any atom is -0.350 e. The van der Waals surface area contributed by atoms with Crippen molar-refractivity contribution in [2.75, 3.05) is 5.32 Å². The molecule has 0 radical (unpaired) electrons. The third-order valence-corrected chi connectivity index (χ3v) is 3.12. The van der Waals surface area contributed by atoms with Gasteiger partial charge in [0, 0.05) is 5.69 Å². The normalized spacial score (nSPS) is 10.2. The number of hydrogen-bond donors (Lipinski definition) is 1. The van der Waals surface area contributed by atoms with Crippen molar-refractivity contribution < 1.29 is 0 Å². The van der Waals surface area contributed by atoms with Crippen LogP contribution in [0.4, 0.5) is 5.69 Å². The second-order valence-corrected chi connectivity index (χ2v) is 4.92. The molecule has 1 N–H and O–H groups in total. The molecule has 2 heteroatoms. The van der Waals surface area contributed by atoms with Crippen LogP contribution >= 0.6 is 12.2 Å². The van der Waals surface area contributed by atoms with Gasteiger partial charge in [0.05, 0.1) is 4.99 Å². The molecule has 0 spiro atoms. The lowest BCUT2D eigenvalue weighted by molar-refractivity contribution is 0.616. The molecule has 0 aromatic heterocycles. The molecule has 0 aliphatic heterocycles. The zero-order chi connectivity index (χ0) is 12.3. The van der Waals surface area contributed by atoms with E-state index in [2.05, 4.69) is 12.2 Å². The standard InChI is InChI=1S/C15H23NS/c1-2-3-4-5-6-10-13-15(17)16-14-11-8-7-9-12-14/h7-9,11-12H,2-6,10,13H2,1H3,(H,16,17). The molecular formula is C15H23NS. The summed E-state index contributed by atoms with van der Waals surface area (Å²) in [5.41, 5.74) is 1.10. The van der Waals surface area contributed by atoms with Crippen LogP contribution in [0.5, 0.6) is 0 Å². The number of anilines is 1. The smallest absolute Gasteiger partial charge is 0.0797 e. The van der Waals surface area contributed by atoms with Gasteiger partial charge in [0.2, 0.25) is 0 Å². The third-order valence-electron chi connectivity index (χ3n) is 2.81. The van der Waals surface area contributed by atoms with Gasteiger partial charge < -0.3 is 5.32 Å². The van der Waals surface area contributed by atoms with E-state index < -0.39 is 0 Å². The van der Waals surface area contributed by atoms with E-state index in [9.17, 15) is 0 Å². The number of nitrogens with one attached hydrogen (secondary N) is 1. The van der Waals surface area contributed by atoms with Crippen LogP contribution in [-0.4, -0.2) is 4.99 Å². The predicted octanol–water partition coefficient (Wildman–Crippen LogP) is 5.18. The SMILES string of the molecule is CCCCCCCCC(=S)Nc1ccccc1. The summed E-state index contributed by atoms with van der Waals surface area (Å²) < 4.78 is 0. The Balaban J connectivity index is 2.06. The largest absolute Gasteiger partial charge is 0.350 e. The van der Waals surface area contributed by atoms with E-state index in [0.717, 1.165) is 17.1 Å². The first kappa shape index (κ1) is 14.2. The van der Waals surface area contributed by atoms with Crippen LogP contribution in [-0.2, 0) is 0 Å². The molecule has 1 aromatic rings. The Morgan fingerprint density at radius 3 is 2.35 bits per heavy atom. The number of thiocarbonyl (C=S) groups is 1. The van der Waals surface area contributed by atoms with Gasteiger partial charge in [0.1, 0.15) is 0 Å². The lowest BCUT2D eigenvalue weighted by Gasteiger charge is -2.07. The van der Waals surface area contributed by atoms with Crippen LogP contribution in [0.3, 0.4) is 0 Å². The fourth-order valence-corrected chi connectivity index (χ4v) is 2.07. The van der Waals surface area contributed by atoms with Crippen molar-refractivity contribution in [2.45, 2.75) is 51.9 Å². The molecule has 0 fully saturated rings. The Hall–Kier alpha value is -0.890. The van der Waals surface area contributed by atoms with Gasteiger partial charge in [-0.2, -0.15) is 0 Å². The van der Waals surface area contributed by atoms with Gasteiger partial charge in [-0.1, -0.05) is 69.4 Å². The Morgan fingerprint density at radius 1 is 1.00 bits per heavy atom. The fourth-order valence-electron chi connectivity index (χ4n) is 1.81. The summed E-state index contributed by atoms with van der Waals surface area (Å²) in [5, 5.41) is 3.28. The topological polar surface area (TPSA) is 12.0 Å². The van der Waals surface area contributed by atoms with Crippen molar-refractivity contribution in [3.8, 4) is 0 Å². The zero-order valence-corrected chi connectivity index (χ0v) is 11.6. The van der Waals surface area contributed by atoms with E-state index in [4.69, 9.17) is 12.2 Å². The van der Waals surface area contributed by atoms with Crippen LogP contribution in [0.1, 0.15) is 51.9 Å². The minimum absolute atomic E-state index is 0.965. The molecule has 1 rings (SSSR count). The van der Waals surface area contributed by atoms with Crippen LogP contribution in [0.25, 0.3) is 0 Å². The first-order valence-electron chi connectivity index (χ1n) is 6.68. The van der Waals surface area contributed by atoms with E-state index in [1.165, 1.54) is 38.5 Å². The summed E-state index contributed by atoms with van der Waals surface area (Å²) in [5.74, 6) is 0. The predicted molar refractivity (Wildman–Crippen MR) is 80.7 cm³/mol. The number of unbranched alkanes of at least 4 members (excludes halogenated alkanes) is 5. The molecule has 94 valence electrons. The van der Waals surface area contributed by atoms with Crippen LogP contribution in [0, 0.1) is 0 Å². The Kier molecular flexibility index (Phi) is 7.65. The maximum absolute atomic E-state index is 5.33. The molecule has 0 unspecified atom stereocenters. The second-order valence-electron chi connectivity index (χ2n) is 4.43. The van der Waals surface area contributed by atoms with Gasteiger partial charge in [-0.25, -0.2) is 0 Å². The van der Waals surface area contributed by atoms with Gasteiger partial charge in [-0.15, -0.1) is 0 Å². The molecule has 0 aliphatic carbocycles. The van der Waals surface area contributed by atoms with Gasteiger partial charge in [-0.05, 0) is 25.0 Å². The molecule has 0 aliphatic rings. The van der Waals surface area contributed by atoms with Crippen molar-refractivity contribution in [1.29, 1.82) is 0 Å². The molecule has 0 amide bonds.